The van der Waals surface area contributed by atoms with Crippen molar-refractivity contribution in [2.75, 3.05) is 0 Å². The number of nitrogens with zero attached hydrogens (tertiary/aromatic N) is 1. The standard InChI is InChI=1S/C12H17NO/c1-2-10-7-8-12(13-9-10)14-11-5-3-4-6-11/h7-9,11H,2-6H2,1H3. The second-order valence-electron chi connectivity index (χ2n) is 3.88. The van der Waals surface area contributed by atoms with Gasteiger partial charge in [0, 0.05) is 12.3 Å². The molecule has 2 rings (SSSR count). The smallest absolute Gasteiger partial charge is 0.213 e. The van der Waals surface area contributed by atoms with Gasteiger partial charge in [-0.05, 0) is 37.7 Å². The van der Waals surface area contributed by atoms with Crippen LogP contribution >= 0.6 is 0 Å². The molecule has 76 valence electrons. The number of hydrogen-bond acceptors (Lipinski definition) is 2. The molecule has 1 aliphatic carbocycles. The van der Waals surface area contributed by atoms with E-state index in [-0.39, 0.29) is 0 Å². The summed E-state index contributed by atoms with van der Waals surface area (Å²) in [6, 6.07) is 4.08. The van der Waals surface area contributed by atoms with Crippen molar-refractivity contribution >= 4 is 0 Å². The van der Waals surface area contributed by atoms with Crippen LogP contribution in [0.15, 0.2) is 18.3 Å². The zero-order valence-electron chi connectivity index (χ0n) is 8.70. The van der Waals surface area contributed by atoms with E-state index >= 15 is 0 Å². The van der Waals surface area contributed by atoms with Gasteiger partial charge >= 0.3 is 0 Å². The van der Waals surface area contributed by atoms with E-state index in [4.69, 9.17) is 4.74 Å². The third kappa shape index (κ3) is 2.25. The van der Waals surface area contributed by atoms with E-state index in [1.807, 2.05) is 12.3 Å². The number of ether oxygens (including phenoxy) is 1. The molecule has 1 aromatic rings. The molecule has 1 aromatic heterocycles. The molecule has 0 aliphatic heterocycles. The molecule has 1 fully saturated rings. The minimum absolute atomic E-state index is 0.412. The van der Waals surface area contributed by atoms with Crippen LogP contribution in [0, 0.1) is 0 Å². The summed E-state index contributed by atoms with van der Waals surface area (Å²) in [5.41, 5.74) is 1.27. The molecule has 0 bridgehead atoms. The Kier molecular flexibility index (Phi) is 3.02. The van der Waals surface area contributed by atoms with Crippen LogP contribution in [0.1, 0.15) is 38.2 Å². The molecule has 0 aromatic carbocycles. The normalized spacial score (nSPS) is 17.2. The second kappa shape index (κ2) is 4.45. The van der Waals surface area contributed by atoms with Gasteiger partial charge in [0.1, 0.15) is 6.10 Å². The molecule has 0 saturated heterocycles. The van der Waals surface area contributed by atoms with Gasteiger partial charge in [-0.1, -0.05) is 13.0 Å². The number of aryl methyl sites for hydroxylation is 1. The lowest BCUT2D eigenvalue weighted by Gasteiger charge is -2.11. The average Bonchev–Trinajstić information content (AvgIpc) is 2.72. The van der Waals surface area contributed by atoms with Crippen molar-refractivity contribution in [2.24, 2.45) is 0 Å². The first-order chi connectivity index (χ1) is 6.88. The fraction of sp³-hybridized carbons (Fsp3) is 0.583. The van der Waals surface area contributed by atoms with E-state index in [2.05, 4.69) is 18.0 Å². The Labute approximate surface area is 85.3 Å². The van der Waals surface area contributed by atoms with Gasteiger partial charge < -0.3 is 4.74 Å². The molecule has 2 nitrogen and oxygen atoms in total. The first-order valence-corrected chi connectivity index (χ1v) is 5.50. The molecule has 0 N–H and O–H groups in total. The SMILES string of the molecule is CCc1ccc(OC2CCCC2)nc1. The highest BCUT2D eigenvalue weighted by atomic mass is 16.5. The minimum atomic E-state index is 0.412. The molecule has 0 amide bonds. The van der Waals surface area contributed by atoms with Crippen molar-refractivity contribution in [1.29, 1.82) is 0 Å². The topological polar surface area (TPSA) is 22.1 Å². The maximum Gasteiger partial charge on any atom is 0.213 e. The monoisotopic (exact) mass is 191 g/mol. The Bertz CT molecular complexity index is 275. The summed E-state index contributed by atoms with van der Waals surface area (Å²) in [4.78, 5) is 4.29. The largest absolute Gasteiger partial charge is 0.474 e. The number of rotatable bonds is 3. The Morgan fingerprint density at radius 3 is 2.71 bits per heavy atom. The lowest BCUT2D eigenvalue weighted by Crippen LogP contribution is -2.11. The van der Waals surface area contributed by atoms with Gasteiger partial charge in [0.15, 0.2) is 0 Å². The first-order valence-electron chi connectivity index (χ1n) is 5.50. The van der Waals surface area contributed by atoms with Crippen molar-refractivity contribution in [3.05, 3.63) is 23.9 Å². The highest BCUT2D eigenvalue weighted by molar-refractivity contribution is 5.17. The highest BCUT2D eigenvalue weighted by Gasteiger charge is 2.16. The Hall–Kier alpha value is -1.05. The highest BCUT2D eigenvalue weighted by Crippen LogP contribution is 2.22. The van der Waals surface area contributed by atoms with E-state index in [1.54, 1.807) is 0 Å². The van der Waals surface area contributed by atoms with E-state index in [9.17, 15) is 0 Å². The van der Waals surface area contributed by atoms with Crippen molar-refractivity contribution in [3.8, 4) is 5.88 Å². The van der Waals surface area contributed by atoms with Gasteiger partial charge in [-0.25, -0.2) is 4.98 Å². The van der Waals surface area contributed by atoms with Gasteiger partial charge in [-0.2, -0.15) is 0 Å². The summed E-state index contributed by atoms with van der Waals surface area (Å²) < 4.78 is 5.76. The fourth-order valence-corrected chi connectivity index (χ4v) is 1.87. The van der Waals surface area contributed by atoms with Crippen LogP contribution in [0.5, 0.6) is 5.88 Å². The van der Waals surface area contributed by atoms with Crippen LogP contribution in [-0.4, -0.2) is 11.1 Å². The van der Waals surface area contributed by atoms with Gasteiger partial charge in [-0.15, -0.1) is 0 Å². The number of pyridine rings is 1. The first kappa shape index (κ1) is 9.50. The maximum atomic E-state index is 5.76. The zero-order chi connectivity index (χ0) is 9.80. The van der Waals surface area contributed by atoms with Gasteiger partial charge in [0.05, 0.1) is 0 Å². The van der Waals surface area contributed by atoms with Crippen molar-refractivity contribution in [1.82, 2.24) is 4.98 Å². The summed E-state index contributed by atoms with van der Waals surface area (Å²) in [5, 5.41) is 0. The predicted octanol–water partition coefficient (Wildman–Crippen LogP) is 2.97. The molecule has 1 saturated carbocycles. The van der Waals surface area contributed by atoms with Crippen LogP contribution < -0.4 is 4.74 Å². The van der Waals surface area contributed by atoms with Crippen molar-refractivity contribution < 1.29 is 4.74 Å². The number of aromatic nitrogens is 1. The average molecular weight is 191 g/mol. The summed E-state index contributed by atoms with van der Waals surface area (Å²) in [5.74, 6) is 0.786. The molecule has 0 spiro atoms. The lowest BCUT2D eigenvalue weighted by atomic mass is 10.2. The van der Waals surface area contributed by atoms with Crippen LogP contribution in [0.4, 0.5) is 0 Å². The molecule has 0 atom stereocenters. The summed E-state index contributed by atoms with van der Waals surface area (Å²) in [6.07, 6.45) is 8.35. The van der Waals surface area contributed by atoms with Gasteiger partial charge in [-0.3, -0.25) is 0 Å². The Morgan fingerprint density at radius 2 is 2.14 bits per heavy atom. The fourth-order valence-electron chi connectivity index (χ4n) is 1.87. The number of hydrogen-bond donors (Lipinski definition) is 0. The molecule has 2 heteroatoms. The molecule has 0 unspecified atom stereocenters. The lowest BCUT2D eigenvalue weighted by molar-refractivity contribution is 0.201. The van der Waals surface area contributed by atoms with E-state index in [0.29, 0.717) is 6.10 Å². The summed E-state index contributed by atoms with van der Waals surface area (Å²) in [6.45, 7) is 2.13. The van der Waals surface area contributed by atoms with Crippen molar-refractivity contribution in [3.63, 3.8) is 0 Å². The van der Waals surface area contributed by atoms with Gasteiger partial charge in [0.2, 0.25) is 5.88 Å². The molecule has 14 heavy (non-hydrogen) atoms. The molecular weight excluding hydrogens is 174 g/mol. The second-order valence-corrected chi connectivity index (χ2v) is 3.88. The quantitative estimate of drug-likeness (QED) is 0.732. The maximum absolute atomic E-state index is 5.76. The Balaban J connectivity index is 1.95. The van der Waals surface area contributed by atoms with Gasteiger partial charge in [0.25, 0.3) is 0 Å². The van der Waals surface area contributed by atoms with Crippen LogP contribution in [0.3, 0.4) is 0 Å². The summed E-state index contributed by atoms with van der Waals surface area (Å²) >= 11 is 0. The molecule has 0 radical (unpaired) electrons. The van der Waals surface area contributed by atoms with Crippen molar-refractivity contribution in [2.45, 2.75) is 45.1 Å². The van der Waals surface area contributed by atoms with E-state index in [0.717, 1.165) is 12.3 Å². The van der Waals surface area contributed by atoms with E-state index in [1.165, 1.54) is 31.2 Å². The van der Waals surface area contributed by atoms with Crippen LogP contribution in [-0.2, 0) is 6.42 Å². The third-order valence-electron chi connectivity index (χ3n) is 2.80. The minimum Gasteiger partial charge on any atom is -0.474 e. The van der Waals surface area contributed by atoms with Crippen LogP contribution in [0.2, 0.25) is 0 Å². The summed E-state index contributed by atoms with van der Waals surface area (Å²) in [7, 11) is 0. The van der Waals surface area contributed by atoms with Crippen LogP contribution in [0.25, 0.3) is 0 Å². The molecule has 1 heterocycles. The van der Waals surface area contributed by atoms with E-state index < -0.39 is 0 Å². The predicted molar refractivity (Wildman–Crippen MR) is 56.5 cm³/mol. The third-order valence-corrected chi connectivity index (χ3v) is 2.80. The molecular formula is C12H17NO. The zero-order valence-corrected chi connectivity index (χ0v) is 8.70. The molecule has 1 aliphatic rings. The Morgan fingerprint density at radius 1 is 1.36 bits per heavy atom.